The molecular formula is C17H15FN2O3S. The van der Waals surface area contributed by atoms with Crippen molar-refractivity contribution in [1.29, 1.82) is 0 Å². The third kappa shape index (κ3) is 2.75. The van der Waals surface area contributed by atoms with Gasteiger partial charge in [-0.25, -0.2) is 9.18 Å². The second-order valence-electron chi connectivity index (χ2n) is 5.44. The molecule has 0 bridgehead atoms. The third-order valence-electron chi connectivity index (χ3n) is 3.95. The van der Waals surface area contributed by atoms with Crippen molar-refractivity contribution in [3.63, 3.8) is 0 Å². The molecular weight excluding hydrogens is 331 g/mol. The predicted octanol–water partition coefficient (Wildman–Crippen LogP) is 3.83. The summed E-state index contributed by atoms with van der Waals surface area (Å²) in [6.07, 6.45) is 0. The third-order valence-corrected chi connectivity index (χ3v) is 5.21. The highest BCUT2D eigenvalue weighted by atomic mass is 32.2. The fourth-order valence-electron chi connectivity index (χ4n) is 2.77. The fraction of sp³-hybridized carbons (Fsp3) is 0.235. The van der Waals surface area contributed by atoms with E-state index in [0.29, 0.717) is 18.0 Å². The average molecular weight is 346 g/mol. The number of carbonyl (C=O) groups is 1. The SMILES string of the molecule is O=C(Nc1ccccc1F)N1CCSC1c1ccc2c(c1)OCO2. The van der Waals surface area contributed by atoms with Gasteiger partial charge in [0.05, 0.1) is 5.69 Å². The lowest BCUT2D eigenvalue weighted by molar-refractivity contribution is 0.174. The lowest BCUT2D eigenvalue weighted by Crippen LogP contribution is -2.34. The minimum atomic E-state index is -0.447. The van der Waals surface area contributed by atoms with Crippen molar-refractivity contribution in [2.24, 2.45) is 0 Å². The number of carbonyl (C=O) groups excluding carboxylic acids is 1. The Kier molecular flexibility index (Phi) is 3.93. The van der Waals surface area contributed by atoms with E-state index in [1.165, 1.54) is 6.07 Å². The highest BCUT2D eigenvalue weighted by Gasteiger charge is 2.32. The van der Waals surface area contributed by atoms with Gasteiger partial charge >= 0.3 is 6.03 Å². The standard InChI is InChI=1S/C17H15FN2O3S/c18-12-3-1-2-4-13(12)19-17(21)20-7-8-24-16(20)11-5-6-14-15(9-11)23-10-22-14/h1-6,9,16H,7-8,10H2,(H,19,21). The Morgan fingerprint density at radius 2 is 2.04 bits per heavy atom. The van der Waals surface area contributed by atoms with Crippen molar-refractivity contribution in [3.8, 4) is 11.5 Å². The number of nitrogens with zero attached hydrogens (tertiary/aromatic N) is 1. The van der Waals surface area contributed by atoms with Crippen LogP contribution in [0.25, 0.3) is 0 Å². The number of urea groups is 1. The zero-order valence-corrected chi connectivity index (χ0v) is 13.5. The molecule has 2 aliphatic heterocycles. The molecule has 2 aromatic rings. The first-order valence-electron chi connectivity index (χ1n) is 7.56. The summed E-state index contributed by atoms with van der Waals surface area (Å²) < 4.78 is 24.5. The van der Waals surface area contributed by atoms with E-state index < -0.39 is 5.82 Å². The minimum absolute atomic E-state index is 0.133. The number of anilines is 1. The average Bonchev–Trinajstić information content (AvgIpc) is 3.25. The summed E-state index contributed by atoms with van der Waals surface area (Å²) in [7, 11) is 0. The van der Waals surface area contributed by atoms with Crippen LogP contribution in [0, 0.1) is 5.82 Å². The van der Waals surface area contributed by atoms with E-state index in [4.69, 9.17) is 9.47 Å². The molecule has 7 heteroatoms. The molecule has 5 nitrogen and oxygen atoms in total. The van der Waals surface area contributed by atoms with E-state index in [1.54, 1.807) is 34.9 Å². The zero-order valence-electron chi connectivity index (χ0n) is 12.7. The summed E-state index contributed by atoms with van der Waals surface area (Å²) in [5.41, 5.74) is 1.15. The molecule has 2 heterocycles. The van der Waals surface area contributed by atoms with Crippen LogP contribution in [0.15, 0.2) is 42.5 Å². The van der Waals surface area contributed by atoms with Crippen LogP contribution >= 0.6 is 11.8 Å². The molecule has 1 fully saturated rings. The van der Waals surface area contributed by atoms with Gasteiger partial charge in [-0.1, -0.05) is 18.2 Å². The number of ether oxygens (including phenoxy) is 2. The Balaban J connectivity index is 1.54. The van der Waals surface area contributed by atoms with Gasteiger partial charge in [0.1, 0.15) is 11.2 Å². The first-order chi connectivity index (χ1) is 11.7. The van der Waals surface area contributed by atoms with Gasteiger partial charge in [-0.3, -0.25) is 0 Å². The van der Waals surface area contributed by atoms with E-state index >= 15 is 0 Å². The van der Waals surface area contributed by atoms with Crippen molar-refractivity contribution >= 4 is 23.5 Å². The molecule has 0 radical (unpaired) electrons. The Bertz CT molecular complexity index is 786. The molecule has 0 saturated carbocycles. The van der Waals surface area contributed by atoms with Gasteiger partial charge < -0.3 is 19.7 Å². The Hall–Kier alpha value is -2.41. The second-order valence-corrected chi connectivity index (χ2v) is 6.63. The molecule has 0 aliphatic carbocycles. The quantitative estimate of drug-likeness (QED) is 0.898. The molecule has 2 aromatic carbocycles. The number of para-hydroxylation sites is 1. The number of amides is 2. The van der Waals surface area contributed by atoms with E-state index in [-0.39, 0.29) is 23.9 Å². The molecule has 2 aliphatic rings. The van der Waals surface area contributed by atoms with Crippen LogP contribution in [0.1, 0.15) is 10.9 Å². The molecule has 124 valence electrons. The van der Waals surface area contributed by atoms with Gasteiger partial charge in [0, 0.05) is 12.3 Å². The number of hydrogen-bond acceptors (Lipinski definition) is 4. The Morgan fingerprint density at radius 1 is 1.21 bits per heavy atom. The highest BCUT2D eigenvalue weighted by Crippen LogP contribution is 2.42. The van der Waals surface area contributed by atoms with Crippen molar-refractivity contribution in [1.82, 2.24) is 4.90 Å². The molecule has 4 rings (SSSR count). The summed E-state index contributed by atoms with van der Waals surface area (Å²) in [6.45, 7) is 0.818. The Labute approximate surface area is 142 Å². The van der Waals surface area contributed by atoms with Crippen LogP contribution in [0.4, 0.5) is 14.9 Å². The summed E-state index contributed by atoms with van der Waals surface area (Å²) >= 11 is 1.67. The topological polar surface area (TPSA) is 50.8 Å². The van der Waals surface area contributed by atoms with E-state index in [0.717, 1.165) is 11.3 Å². The highest BCUT2D eigenvalue weighted by molar-refractivity contribution is 7.99. The summed E-state index contributed by atoms with van der Waals surface area (Å²) in [4.78, 5) is 14.3. The lowest BCUT2D eigenvalue weighted by Gasteiger charge is -2.24. The molecule has 1 N–H and O–H groups in total. The molecule has 24 heavy (non-hydrogen) atoms. The summed E-state index contributed by atoms with van der Waals surface area (Å²) in [6, 6.07) is 11.5. The number of rotatable bonds is 2. The Morgan fingerprint density at radius 3 is 2.92 bits per heavy atom. The zero-order chi connectivity index (χ0) is 16.5. The van der Waals surface area contributed by atoms with Crippen molar-refractivity contribution < 1.29 is 18.7 Å². The molecule has 0 spiro atoms. The monoisotopic (exact) mass is 346 g/mol. The second kappa shape index (κ2) is 6.24. The number of thioether (sulfide) groups is 1. The van der Waals surface area contributed by atoms with Gasteiger partial charge in [-0.05, 0) is 29.8 Å². The van der Waals surface area contributed by atoms with Crippen molar-refractivity contribution in [3.05, 3.63) is 53.8 Å². The van der Waals surface area contributed by atoms with E-state index in [9.17, 15) is 9.18 Å². The van der Waals surface area contributed by atoms with E-state index in [1.807, 2.05) is 18.2 Å². The number of nitrogens with one attached hydrogen (secondary N) is 1. The smallest absolute Gasteiger partial charge is 0.323 e. The first kappa shape index (κ1) is 15.1. The van der Waals surface area contributed by atoms with Gasteiger partial charge in [-0.2, -0.15) is 0 Å². The fourth-order valence-corrected chi connectivity index (χ4v) is 4.02. The number of fused-ring (bicyclic) bond motifs is 1. The number of benzene rings is 2. The first-order valence-corrected chi connectivity index (χ1v) is 8.60. The molecule has 2 amide bonds. The lowest BCUT2D eigenvalue weighted by atomic mass is 10.2. The van der Waals surface area contributed by atoms with Crippen LogP contribution in [0.2, 0.25) is 0 Å². The van der Waals surface area contributed by atoms with Gasteiger partial charge in [0.2, 0.25) is 6.79 Å². The number of hydrogen-bond donors (Lipinski definition) is 1. The number of halogens is 1. The van der Waals surface area contributed by atoms with E-state index in [2.05, 4.69) is 5.32 Å². The maximum atomic E-state index is 13.7. The largest absolute Gasteiger partial charge is 0.454 e. The minimum Gasteiger partial charge on any atom is -0.454 e. The van der Waals surface area contributed by atoms with Crippen LogP contribution in [-0.4, -0.2) is 30.0 Å². The molecule has 0 aromatic heterocycles. The van der Waals surface area contributed by atoms with Crippen LogP contribution < -0.4 is 14.8 Å². The maximum Gasteiger partial charge on any atom is 0.323 e. The molecule has 1 unspecified atom stereocenters. The van der Waals surface area contributed by atoms with Crippen molar-refractivity contribution in [2.45, 2.75) is 5.37 Å². The molecule has 1 saturated heterocycles. The molecule has 1 atom stereocenters. The summed E-state index contributed by atoms with van der Waals surface area (Å²) in [5, 5.41) is 2.51. The predicted molar refractivity (Wildman–Crippen MR) is 89.9 cm³/mol. The van der Waals surface area contributed by atoms with Crippen LogP contribution in [-0.2, 0) is 0 Å². The van der Waals surface area contributed by atoms with Gasteiger partial charge in [-0.15, -0.1) is 11.8 Å². The normalized spacial score (nSPS) is 18.7. The summed E-state index contributed by atoms with van der Waals surface area (Å²) in [5.74, 6) is 1.78. The van der Waals surface area contributed by atoms with Crippen LogP contribution in [0.3, 0.4) is 0 Å². The van der Waals surface area contributed by atoms with Crippen LogP contribution in [0.5, 0.6) is 11.5 Å². The van der Waals surface area contributed by atoms with Gasteiger partial charge in [0.25, 0.3) is 0 Å². The maximum absolute atomic E-state index is 13.7. The van der Waals surface area contributed by atoms with Gasteiger partial charge in [0.15, 0.2) is 11.5 Å². The van der Waals surface area contributed by atoms with Crippen molar-refractivity contribution in [2.75, 3.05) is 24.4 Å².